The van der Waals surface area contributed by atoms with Crippen LogP contribution in [0.5, 0.6) is 0 Å². The van der Waals surface area contributed by atoms with Crippen molar-refractivity contribution in [3.8, 4) is 0 Å². The van der Waals surface area contributed by atoms with Gasteiger partial charge in [0.05, 0.1) is 0 Å². The molecule has 0 amide bonds. The van der Waals surface area contributed by atoms with Gasteiger partial charge in [-0.1, -0.05) is 17.7 Å². The fourth-order valence-corrected chi connectivity index (χ4v) is 2.11. The molecule has 1 aromatic carbocycles. The highest BCUT2D eigenvalue weighted by Crippen LogP contribution is 2.22. The molecule has 2 N–H and O–H groups in total. The first-order valence-corrected chi connectivity index (χ1v) is 6.34. The SMILES string of the molecule is CC(C)(C)NCCc1c[nH]c2cc(Cl)ccc12. The summed E-state index contributed by atoms with van der Waals surface area (Å²) in [6.07, 6.45) is 3.10. The van der Waals surface area contributed by atoms with E-state index in [1.807, 2.05) is 12.1 Å². The molecule has 17 heavy (non-hydrogen) atoms. The summed E-state index contributed by atoms with van der Waals surface area (Å²) in [6.45, 7) is 7.53. The van der Waals surface area contributed by atoms with Crippen LogP contribution in [0.2, 0.25) is 5.02 Å². The second-order valence-corrected chi connectivity index (χ2v) is 5.87. The van der Waals surface area contributed by atoms with Gasteiger partial charge in [-0.05, 0) is 51.4 Å². The van der Waals surface area contributed by atoms with Crippen LogP contribution in [0.15, 0.2) is 24.4 Å². The third-order valence-electron chi connectivity index (χ3n) is 2.78. The lowest BCUT2D eigenvalue weighted by molar-refractivity contribution is 0.430. The van der Waals surface area contributed by atoms with E-state index >= 15 is 0 Å². The van der Waals surface area contributed by atoms with Crippen LogP contribution < -0.4 is 5.32 Å². The first-order chi connectivity index (χ1) is 7.96. The Balaban J connectivity index is 2.09. The molecule has 2 rings (SSSR count). The van der Waals surface area contributed by atoms with Crippen LogP contribution in [0.4, 0.5) is 0 Å². The first-order valence-electron chi connectivity index (χ1n) is 5.96. The van der Waals surface area contributed by atoms with Gasteiger partial charge in [0.25, 0.3) is 0 Å². The maximum absolute atomic E-state index is 5.96. The maximum Gasteiger partial charge on any atom is 0.0471 e. The summed E-state index contributed by atoms with van der Waals surface area (Å²) < 4.78 is 0. The summed E-state index contributed by atoms with van der Waals surface area (Å²) in [4.78, 5) is 3.26. The largest absolute Gasteiger partial charge is 0.361 e. The van der Waals surface area contributed by atoms with Crippen molar-refractivity contribution >= 4 is 22.5 Å². The van der Waals surface area contributed by atoms with Crippen LogP contribution in [-0.2, 0) is 6.42 Å². The average Bonchev–Trinajstić information content (AvgIpc) is 2.59. The zero-order valence-electron chi connectivity index (χ0n) is 10.6. The summed E-state index contributed by atoms with van der Waals surface area (Å²) in [5.41, 5.74) is 2.63. The van der Waals surface area contributed by atoms with Gasteiger partial charge < -0.3 is 10.3 Å². The Labute approximate surface area is 107 Å². The van der Waals surface area contributed by atoms with Crippen molar-refractivity contribution in [3.05, 3.63) is 35.0 Å². The first kappa shape index (κ1) is 12.5. The Morgan fingerprint density at radius 3 is 2.76 bits per heavy atom. The highest BCUT2D eigenvalue weighted by molar-refractivity contribution is 6.31. The Morgan fingerprint density at radius 1 is 1.29 bits per heavy atom. The molecule has 0 aliphatic heterocycles. The predicted molar refractivity (Wildman–Crippen MR) is 74.8 cm³/mol. The van der Waals surface area contributed by atoms with Gasteiger partial charge in [-0.3, -0.25) is 0 Å². The second kappa shape index (κ2) is 4.71. The van der Waals surface area contributed by atoms with Crippen molar-refractivity contribution in [2.24, 2.45) is 0 Å². The van der Waals surface area contributed by atoms with Gasteiger partial charge >= 0.3 is 0 Å². The Morgan fingerprint density at radius 2 is 2.06 bits per heavy atom. The number of benzene rings is 1. The summed E-state index contributed by atoms with van der Waals surface area (Å²) in [5.74, 6) is 0. The number of fused-ring (bicyclic) bond motifs is 1. The topological polar surface area (TPSA) is 27.8 Å². The van der Waals surface area contributed by atoms with E-state index in [1.165, 1.54) is 10.9 Å². The summed E-state index contributed by atoms with van der Waals surface area (Å²) in [6, 6.07) is 6.00. The number of rotatable bonds is 3. The smallest absolute Gasteiger partial charge is 0.0471 e. The zero-order chi connectivity index (χ0) is 12.5. The number of H-pyrrole nitrogens is 1. The maximum atomic E-state index is 5.96. The van der Waals surface area contributed by atoms with E-state index in [1.54, 1.807) is 0 Å². The molecule has 0 aliphatic carbocycles. The minimum absolute atomic E-state index is 0.176. The van der Waals surface area contributed by atoms with E-state index < -0.39 is 0 Å². The van der Waals surface area contributed by atoms with Gasteiger partial charge in [0.1, 0.15) is 0 Å². The van der Waals surface area contributed by atoms with E-state index in [0.717, 1.165) is 23.5 Å². The van der Waals surface area contributed by atoms with Crippen LogP contribution in [-0.4, -0.2) is 17.1 Å². The third kappa shape index (κ3) is 3.24. The normalized spacial score (nSPS) is 12.2. The molecule has 0 radical (unpaired) electrons. The van der Waals surface area contributed by atoms with E-state index in [0.29, 0.717) is 0 Å². The van der Waals surface area contributed by atoms with Gasteiger partial charge in [-0.25, -0.2) is 0 Å². The molecule has 1 heterocycles. The lowest BCUT2D eigenvalue weighted by Crippen LogP contribution is -2.37. The van der Waals surface area contributed by atoms with Crippen LogP contribution in [0.25, 0.3) is 10.9 Å². The molecule has 2 nitrogen and oxygen atoms in total. The molecule has 0 saturated heterocycles. The van der Waals surface area contributed by atoms with Gasteiger partial charge in [-0.2, -0.15) is 0 Å². The van der Waals surface area contributed by atoms with Crippen molar-refractivity contribution < 1.29 is 0 Å². The van der Waals surface area contributed by atoms with Crippen LogP contribution >= 0.6 is 11.6 Å². The molecular weight excluding hydrogens is 232 g/mol. The lowest BCUT2D eigenvalue weighted by Gasteiger charge is -2.20. The molecule has 1 aromatic heterocycles. The van der Waals surface area contributed by atoms with Crippen molar-refractivity contribution in [2.45, 2.75) is 32.7 Å². The molecule has 3 heteroatoms. The highest BCUT2D eigenvalue weighted by Gasteiger charge is 2.09. The molecule has 0 unspecified atom stereocenters. The van der Waals surface area contributed by atoms with Gasteiger partial charge in [-0.15, -0.1) is 0 Å². The summed E-state index contributed by atoms with van der Waals surface area (Å²) >= 11 is 5.96. The number of halogens is 1. The lowest BCUT2D eigenvalue weighted by atomic mass is 10.1. The quantitative estimate of drug-likeness (QED) is 0.853. The van der Waals surface area contributed by atoms with Crippen molar-refractivity contribution in [3.63, 3.8) is 0 Å². The molecule has 0 saturated carbocycles. The minimum Gasteiger partial charge on any atom is -0.361 e. The van der Waals surface area contributed by atoms with Gasteiger partial charge in [0.2, 0.25) is 0 Å². The number of hydrogen-bond acceptors (Lipinski definition) is 1. The average molecular weight is 251 g/mol. The van der Waals surface area contributed by atoms with Crippen LogP contribution in [0.1, 0.15) is 26.3 Å². The number of nitrogens with one attached hydrogen (secondary N) is 2. The Hall–Kier alpha value is -0.990. The highest BCUT2D eigenvalue weighted by atomic mass is 35.5. The van der Waals surface area contributed by atoms with Crippen molar-refractivity contribution in [2.75, 3.05) is 6.54 Å². The van der Waals surface area contributed by atoms with E-state index in [9.17, 15) is 0 Å². The molecule has 0 atom stereocenters. The van der Waals surface area contributed by atoms with Crippen LogP contribution in [0.3, 0.4) is 0 Å². The monoisotopic (exact) mass is 250 g/mol. The number of hydrogen-bond donors (Lipinski definition) is 2. The summed E-state index contributed by atoms with van der Waals surface area (Å²) in [5, 5.41) is 5.54. The van der Waals surface area contributed by atoms with Crippen molar-refractivity contribution in [1.29, 1.82) is 0 Å². The fourth-order valence-electron chi connectivity index (χ4n) is 1.94. The van der Waals surface area contributed by atoms with E-state index in [4.69, 9.17) is 11.6 Å². The molecular formula is C14H19ClN2. The number of aromatic nitrogens is 1. The molecule has 0 bridgehead atoms. The minimum atomic E-state index is 0.176. The third-order valence-corrected chi connectivity index (χ3v) is 3.01. The Bertz CT molecular complexity index is 508. The molecule has 2 aromatic rings. The number of aromatic amines is 1. The fraction of sp³-hybridized carbons (Fsp3) is 0.429. The predicted octanol–water partition coefficient (Wildman–Crippen LogP) is 3.75. The second-order valence-electron chi connectivity index (χ2n) is 5.43. The standard InChI is InChI=1S/C14H19ClN2/c1-14(2,3)17-7-6-10-9-16-13-8-11(15)4-5-12(10)13/h4-5,8-9,16-17H,6-7H2,1-3H3. The van der Waals surface area contributed by atoms with Gasteiger partial charge in [0, 0.05) is 27.7 Å². The molecule has 92 valence electrons. The van der Waals surface area contributed by atoms with Crippen LogP contribution in [0, 0.1) is 0 Å². The molecule has 0 spiro atoms. The van der Waals surface area contributed by atoms with E-state index in [-0.39, 0.29) is 5.54 Å². The molecule has 0 aliphatic rings. The molecule has 0 fully saturated rings. The van der Waals surface area contributed by atoms with Crippen molar-refractivity contribution in [1.82, 2.24) is 10.3 Å². The van der Waals surface area contributed by atoms with Gasteiger partial charge in [0.15, 0.2) is 0 Å². The summed E-state index contributed by atoms with van der Waals surface area (Å²) in [7, 11) is 0. The van der Waals surface area contributed by atoms with E-state index in [2.05, 4.69) is 43.3 Å². The Kier molecular flexibility index (Phi) is 3.45. The zero-order valence-corrected chi connectivity index (χ0v) is 11.4.